The van der Waals surface area contributed by atoms with Gasteiger partial charge >= 0.3 is 0 Å². The summed E-state index contributed by atoms with van der Waals surface area (Å²) >= 11 is 3.47. The Bertz CT molecular complexity index is 631. The molecule has 0 spiro atoms. The van der Waals surface area contributed by atoms with Gasteiger partial charge in [0.15, 0.2) is 0 Å². The largest absolute Gasteiger partial charge is 0.493 e. The monoisotopic (exact) mass is 337 g/mol. The van der Waals surface area contributed by atoms with Crippen LogP contribution in [0.2, 0.25) is 0 Å². The minimum absolute atomic E-state index is 0.389. The fourth-order valence-corrected chi connectivity index (χ4v) is 2.95. The molecule has 1 unspecified atom stereocenters. The Morgan fingerprint density at radius 1 is 1.40 bits per heavy atom. The maximum atomic E-state index is 12.8. The van der Waals surface area contributed by atoms with E-state index in [0.717, 1.165) is 34.0 Å². The highest BCUT2D eigenvalue weighted by Crippen LogP contribution is 2.35. The van der Waals surface area contributed by atoms with Crippen molar-refractivity contribution in [2.45, 2.75) is 18.9 Å². The van der Waals surface area contributed by atoms with Gasteiger partial charge in [-0.3, -0.25) is 4.98 Å². The Kier molecular flexibility index (Phi) is 3.72. The molecule has 0 radical (unpaired) electrons. The van der Waals surface area contributed by atoms with E-state index in [-0.39, 0.29) is 0 Å². The minimum atomic E-state index is -0.779. The Balaban J connectivity index is 1.86. The van der Waals surface area contributed by atoms with Crippen LogP contribution in [0, 0.1) is 5.82 Å². The van der Waals surface area contributed by atoms with Crippen molar-refractivity contribution in [1.82, 2.24) is 4.98 Å². The molecule has 5 heteroatoms. The number of hydrogen-bond acceptors (Lipinski definition) is 3. The molecule has 3 nitrogen and oxygen atoms in total. The molecule has 0 fully saturated rings. The molecule has 1 aromatic heterocycles. The number of halogens is 2. The fraction of sp³-hybridized carbons (Fsp3) is 0.267. The van der Waals surface area contributed by atoms with Crippen LogP contribution in [-0.4, -0.2) is 16.7 Å². The molecule has 0 amide bonds. The van der Waals surface area contributed by atoms with Crippen LogP contribution in [0.4, 0.5) is 4.39 Å². The van der Waals surface area contributed by atoms with Crippen molar-refractivity contribution in [2.75, 3.05) is 6.61 Å². The summed E-state index contributed by atoms with van der Waals surface area (Å²) in [7, 11) is 0. The molecular formula is C15H13BrFNO2. The van der Waals surface area contributed by atoms with Gasteiger partial charge in [0, 0.05) is 17.3 Å². The topological polar surface area (TPSA) is 42.4 Å². The van der Waals surface area contributed by atoms with Crippen LogP contribution in [0.25, 0.3) is 0 Å². The van der Waals surface area contributed by atoms with Gasteiger partial charge < -0.3 is 9.84 Å². The van der Waals surface area contributed by atoms with E-state index in [1.807, 2.05) is 12.1 Å². The highest BCUT2D eigenvalue weighted by atomic mass is 79.9. The first-order chi connectivity index (χ1) is 9.63. The zero-order valence-corrected chi connectivity index (χ0v) is 12.2. The highest BCUT2D eigenvalue weighted by molar-refractivity contribution is 9.10. The molecule has 0 aliphatic carbocycles. The summed E-state index contributed by atoms with van der Waals surface area (Å²) in [4.78, 5) is 3.91. The van der Waals surface area contributed by atoms with Crippen molar-refractivity contribution >= 4 is 15.9 Å². The van der Waals surface area contributed by atoms with Gasteiger partial charge in [-0.05, 0) is 35.4 Å². The fourth-order valence-electron chi connectivity index (χ4n) is 2.39. The van der Waals surface area contributed by atoms with E-state index in [1.54, 1.807) is 0 Å². The van der Waals surface area contributed by atoms with Gasteiger partial charge in [-0.15, -0.1) is 0 Å². The van der Waals surface area contributed by atoms with Gasteiger partial charge in [0.2, 0.25) is 0 Å². The van der Waals surface area contributed by atoms with Crippen molar-refractivity contribution in [1.29, 1.82) is 0 Å². The lowest BCUT2D eigenvalue weighted by Crippen LogP contribution is -2.05. The lowest BCUT2D eigenvalue weighted by Gasteiger charge is -2.13. The van der Waals surface area contributed by atoms with E-state index >= 15 is 0 Å². The Morgan fingerprint density at radius 3 is 3.00 bits per heavy atom. The molecule has 104 valence electrons. The predicted octanol–water partition coefficient (Wildman–Crippen LogP) is 3.19. The molecule has 0 saturated heterocycles. The van der Waals surface area contributed by atoms with E-state index < -0.39 is 11.9 Å². The molecule has 1 aliphatic rings. The molecule has 3 rings (SSSR count). The summed E-state index contributed by atoms with van der Waals surface area (Å²) in [5.41, 5.74) is 2.54. The van der Waals surface area contributed by atoms with Gasteiger partial charge in [0.25, 0.3) is 0 Å². The number of fused-ring (bicyclic) bond motifs is 1. The number of pyridine rings is 1. The number of aliphatic hydroxyl groups is 1. The lowest BCUT2D eigenvalue weighted by molar-refractivity contribution is 0.172. The average Bonchev–Trinajstić information content (AvgIpc) is 2.87. The first-order valence-electron chi connectivity index (χ1n) is 6.37. The summed E-state index contributed by atoms with van der Waals surface area (Å²) in [6, 6.07) is 6.78. The molecule has 1 aromatic carbocycles. The number of rotatable bonds is 3. The van der Waals surface area contributed by atoms with Gasteiger partial charge in [0.1, 0.15) is 17.7 Å². The lowest BCUT2D eigenvalue weighted by atomic mass is 10.0. The smallest absolute Gasteiger partial charge is 0.141 e. The molecule has 2 aromatic rings. The van der Waals surface area contributed by atoms with Gasteiger partial charge in [-0.1, -0.05) is 15.9 Å². The standard InChI is InChI=1S/C15H13BrFNO2/c16-11-5-9-3-4-20-15(9)10(6-11)7-14(19)13-2-1-12(17)8-18-13/h1-2,5-6,8,14,19H,3-4,7H2. The molecule has 0 saturated carbocycles. The predicted molar refractivity (Wildman–Crippen MR) is 76.2 cm³/mol. The molecular weight excluding hydrogens is 325 g/mol. The van der Waals surface area contributed by atoms with E-state index in [2.05, 4.69) is 20.9 Å². The van der Waals surface area contributed by atoms with Gasteiger partial charge in [-0.2, -0.15) is 0 Å². The highest BCUT2D eigenvalue weighted by Gasteiger charge is 2.20. The van der Waals surface area contributed by atoms with Crippen LogP contribution in [0.3, 0.4) is 0 Å². The Hall–Kier alpha value is -1.46. The second-order valence-electron chi connectivity index (χ2n) is 4.77. The van der Waals surface area contributed by atoms with Crippen LogP contribution in [-0.2, 0) is 12.8 Å². The maximum absolute atomic E-state index is 12.8. The van der Waals surface area contributed by atoms with Crippen LogP contribution in [0.5, 0.6) is 5.75 Å². The molecule has 20 heavy (non-hydrogen) atoms. The van der Waals surface area contributed by atoms with Crippen molar-refractivity contribution < 1.29 is 14.2 Å². The number of aromatic nitrogens is 1. The number of hydrogen-bond donors (Lipinski definition) is 1. The first kappa shape index (κ1) is 13.5. The van der Waals surface area contributed by atoms with Crippen molar-refractivity contribution in [3.05, 3.63) is 57.6 Å². The maximum Gasteiger partial charge on any atom is 0.141 e. The summed E-state index contributed by atoms with van der Waals surface area (Å²) in [6.45, 7) is 0.670. The average molecular weight is 338 g/mol. The van der Waals surface area contributed by atoms with E-state index in [4.69, 9.17) is 4.74 Å². The van der Waals surface area contributed by atoms with Crippen LogP contribution in [0.1, 0.15) is 22.9 Å². The zero-order valence-electron chi connectivity index (χ0n) is 10.6. The molecule has 0 bridgehead atoms. The minimum Gasteiger partial charge on any atom is -0.493 e. The Labute approximate surface area is 124 Å². The third kappa shape index (κ3) is 2.69. The summed E-state index contributed by atoms with van der Waals surface area (Å²) in [5.74, 6) is 0.446. The van der Waals surface area contributed by atoms with Gasteiger partial charge in [-0.25, -0.2) is 4.39 Å². The molecule has 1 atom stereocenters. The molecule has 1 aliphatic heterocycles. The zero-order chi connectivity index (χ0) is 14.1. The number of ether oxygens (including phenoxy) is 1. The Morgan fingerprint density at radius 2 is 2.25 bits per heavy atom. The van der Waals surface area contributed by atoms with Crippen LogP contribution in [0.15, 0.2) is 34.9 Å². The van der Waals surface area contributed by atoms with E-state index in [0.29, 0.717) is 18.7 Å². The van der Waals surface area contributed by atoms with Gasteiger partial charge in [0.05, 0.1) is 18.5 Å². The first-order valence-corrected chi connectivity index (χ1v) is 7.16. The number of nitrogens with zero attached hydrogens (tertiary/aromatic N) is 1. The second-order valence-corrected chi connectivity index (χ2v) is 5.69. The van der Waals surface area contributed by atoms with Crippen molar-refractivity contribution in [3.63, 3.8) is 0 Å². The summed E-state index contributed by atoms with van der Waals surface area (Å²) in [6.07, 6.45) is 1.60. The van der Waals surface area contributed by atoms with Crippen LogP contribution < -0.4 is 4.74 Å². The third-order valence-electron chi connectivity index (χ3n) is 3.33. The van der Waals surface area contributed by atoms with E-state index in [1.165, 1.54) is 12.1 Å². The SMILES string of the molecule is OC(Cc1cc(Br)cc2c1OCC2)c1ccc(F)cn1. The van der Waals surface area contributed by atoms with Crippen molar-refractivity contribution in [2.24, 2.45) is 0 Å². The molecule has 2 heterocycles. The number of benzene rings is 1. The molecule has 1 N–H and O–H groups in total. The second kappa shape index (κ2) is 5.50. The quantitative estimate of drug-likeness (QED) is 0.935. The number of aliphatic hydroxyl groups excluding tert-OH is 1. The van der Waals surface area contributed by atoms with Crippen molar-refractivity contribution in [3.8, 4) is 5.75 Å². The normalized spacial score (nSPS) is 14.8. The summed E-state index contributed by atoms with van der Waals surface area (Å²) < 4.78 is 19.4. The van der Waals surface area contributed by atoms with Crippen LogP contribution >= 0.6 is 15.9 Å². The summed E-state index contributed by atoms with van der Waals surface area (Å²) in [5, 5.41) is 10.2. The third-order valence-corrected chi connectivity index (χ3v) is 3.79. The van der Waals surface area contributed by atoms with E-state index in [9.17, 15) is 9.50 Å².